The Kier molecular flexibility index (Phi) is 8.70. The van der Waals surface area contributed by atoms with Gasteiger partial charge in [0, 0.05) is 11.6 Å². The highest BCUT2D eigenvalue weighted by molar-refractivity contribution is 6.30. The molecule has 0 saturated carbocycles. The summed E-state index contributed by atoms with van der Waals surface area (Å²) in [6, 6.07) is 11.7. The molecule has 0 spiro atoms. The van der Waals surface area contributed by atoms with Gasteiger partial charge in [-0.05, 0) is 54.3 Å². The molecule has 0 radical (unpaired) electrons. The van der Waals surface area contributed by atoms with Crippen molar-refractivity contribution in [3.05, 3.63) is 64.2 Å². The summed E-state index contributed by atoms with van der Waals surface area (Å²) in [4.78, 5) is 38.9. The van der Waals surface area contributed by atoms with E-state index in [-0.39, 0.29) is 43.3 Å². The number of rotatable bonds is 7. The number of hydrogen-bond donors (Lipinski definition) is 3. The Morgan fingerprint density at radius 3 is 2.71 bits per heavy atom. The fourth-order valence-corrected chi connectivity index (χ4v) is 4.20. The third kappa shape index (κ3) is 6.30. The predicted octanol–water partition coefficient (Wildman–Crippen LogP) is 2.93. The third-order valence-electron chi connectivity index (χ3n) is 5.87. The molecule has 0 unspecified atom stereocenters. The summed E-state index contributed by atoms with van der Waals surface area (Å²) in [5, 5.41) is 14.9. The molecular formula is C25H29ClN4O5. The van der Waals surface area contributed by atoms with Gasteiger partial charge in [-0.3, -0.25) is 19.9 Å². The molecule has 1 aliphatic rings. The van der Waals surface area contributed by atoms with Crippen LogP contribution in [0.4, 0.5) is 0 Å². The lowest BCUT2D eigenvalue weighted by atomic mass is 9.97. The molecule has 1 aliphatic heterocycles. The monoisotopic (exact) mass is 500 g/mol. The number of hydrogen-bond acceptors (Lipinski definition) is 6. The van der Waals surface area contributed by atoms with E-state index in [1.165, 1.54) is 14.2 Å². The lowest BCUT2D eigenvalue weighted by Gasteiger charge is -2.28. The minimum absolute atomic E-state index is 0.134. The van der Waals surface area contributed by atoms with Crippen molar-refractivity contribution in [2.24, 2.45) is 5.92 Å². The van der Waals surface area contributed by atoms with E-state index in [2.05, 4.69) is 10.6 Å². The van der Waals surface area contributed by atoms with Gasteiger partial charge in [-0.2, -0.15) is 0 Å². The van der Waals surface area contributed by atoms with Crippen LogP contribution in [-0.4, -0.2) is 56.0 Å². The molecule has 1 fully saturated rings. The van der Waals surface area contributed by atoms with Crippen molar-refractivity contribution in [3.63, 3.8) is 0 Å². The maximum absolute atomic E-state index is 13.4. The molecule has 1 saturated heterocycles. The largest absolute Gasteiger partial charge is 0.496 e. The number of nitrogens with zero attached hydrogens (tertiary/aromatic N) is 1. The van der Waals surface area contributed by atoms with Crippen LogP contribution >= 0.6 is 11.6 Å². The van der Waals surface area contributed by atoms with E-state index in [0.29, 0.717) is 22.8 Å². The zero-order valence-electron chi connectivity index (χ0n) is 19.9. The maximum atomic E-state index is 13.4. The van der Waals surface area contributed by atoms with E-state index >= 15 is 0 Å². The molecule has 2 aromatic carbocycles. The van der Waals surface area contributed by atoms with Crippen molar-refractivity contribution >= 4 is 35.3 Å². The molecular weight excluding hydrogens is 472 g/mol. The zero-order chi connectivity index (χ0) is 25.5. The van der Waals surface area contributed by atoms with E-state index in [1.807, 2.05) is 13.0 Å². The second-order valence-corrected chi connectivity index (χ2v) is 8.59. The van der Waals surface area contributed by atoms with Crippen LogP contribution in [0.3, 0.4) is 0 Å². The third-order valence-corrected chi connectivity index (χ3v) is 6.11. The number of halogens is 1. The van der Waals surface area contributed by atoms with Crippen LogP contribution in [0.1, 0.15) is 40.9 Å². The topological polar surface area (TPSA) is 121 Å². The van der Waals surface area contributed by atoms with Crippen LogP contribution < -0.4 is 15.4 Å². The zero-order valence-corrected chi connectivity index (χ0v) is 20.6. The molecule has 35 heavy (non-hydrogen) atoms. The van der Waals surface area contributed by atoms with Crippen molar-refractivity contribution in [1.29, 1.82) is 5.41 Å². The molecule has 0 aliphatic carbocycles. The summed E-state index contributed by atoms with van der Waals surface area (Å²) in [5.74, 6) is -1.39. The number of amides is 2. The molecule has 2 amide bonds. The Balaban J connectivity index is 1.81. The highest BCUT2D eigenvalue weighted by Gasteiger charge is 2.33. The number of carbonyl (C=O) groups excluding carboxylic acids is 3. The number of methoxy groups -OCH3 is 2. The van der Waals surface area contributed by atoms with Gasteiger partial charge in [0.1, 0.15) is 12.3 Å². The fourth-order valence-electron chi connectivity index (χ4n) is 4.01. The van der Waals surface area contributed by atoms with Gasteiger partial charge in [-0.1, -0.05) is 30.7 Å². The second kappa shape index (κ2) is 11.7. The van der Waals surface area contributed by atoms with Crippen LogP contribution in [0.25, 0.3) is 0 Å². The number of benzene rings is 2. The second-order valence-electron chi connectivity index (χ2n) is 8.16. The maximum Gasteiger partial charge on any atom is 0.337 e. The van der Waals surface area contributed by atoms with Gasteiger partial charge in [0.2, 0.25) is 11.8 Å². The van der Waals surface area contributed by atoms with Crippen LogP contribution in [0, 0.1) is 11.3 Å². The van der Waals surface area contributed by atoms with Crippen LogP contribution in [0.5, 0.6) is 5.75 Å². The van der Waals surface area contributed by atoms with E-state index < -0.39 is 11.9 Å². The van der Waals surface area contributed by atoms with Gasteiger partial charge >= 0.3 is 5.97 Å². The number of nitrogens with one attached hydrogen (secondary N) is 3. The van der Waals surface area contributed by atoms with Gasteiger partial charge in [0.15, 0.2) is 5.96 Å². The Morgan fingerprint density at radius 1 is 1.26 bits per heavy atom. The number of carbonyl (C=O) groups is 3. The standard InChI is InChI=1S/C25H29ClN4O5/c1-4-20(15-6-5-7-16(10-15)24(33)35-3)29-25(27)30-14-22(31)28-13-18(23(30)32)11-17-12-19(26)8-9-21(17)34-2/h5-10,12,18,20H,4,11,13-14H2,1-3H3,(H2,27,29)(H,28,31)/t18-,20+/m0/s1. The Labute approximate surface area is 209 Å². The molecule has 3 N–H and O–H groups in total. The molecule has 9 nitrogen and oxygen atoms in total. The lowest BCUT2D eigenvalue weighted by molar-refractivity contribution is -0.132. The molecule has 2 atom stereocenters. The highest BCUT2D eigenvalue weighted by atomic mass is 35.5. The Morgan fingerprint density at radius 2 is 2.03 bits per heavy atom. The van der Waals surface area contributed by atoms with Crippen LogP contribution in [0.2, 0.25) is 5.02 Å². The first-order chi connectivity index (χ1) is 16.8. The molecule has 0 aromatic heterocycles. The van der Waals surface area contributed by atoms with E-state index in [0.717, 1.165) is 16.0 Å². The molecule has 2 aromatic rings. The SMILES string of the molecule is CC[C@@H](NC(=N)N1CC(=O)NC[C@H](Cc2cc(Cl)ccc2OC)C1=O)c1cccc(C(=O)OC)c1. The van der Waals surface area contributed by atoms with Crippen molar-refractivity contribution < 1.29 is 23.9 Å². The highest BCUT2D eigenvalue weighted by Crippen LogP contribution is 2.26. The summed E-state index contributed by atoms with van der Waals surface area (Å²) in [5.41, 5.74) is 1.88. The smallest absolute Gasteiger partial charge is 0.337 e. The van der Waals surface area contributed by atoms with E-state index in [4.69, 9.17) is 26.5 Å². The normalized spacial score (nSPS) is 16.7. The Bertz CT molecular complexity index is 1120. The minimum Gasteiger partial charge on any atom is -0.496 e. The Hall–Kier alpha value is -3.59. The van der Waals surface area contributed by atoms with Gasteiger partial charge in [0.25, 0.3) is 0 Å². The van der Waals surface area contributed by atoms with Gasteiger partial charge in [0.05, 0.1) is 31.7 Å². The quantitative estimate of drug-likeness (QED) is 0.305. The van der Waals surface area contributed by atoms with E-state index in [9.17, 15) is 14.4 Å². The van der Waals surface area contributed by atoms with Gasteiger partial charge in [-0.15, -0.1) is 0 Å². The van der Waals surface area contributed by atoms with Crippen LogP contribution in [-0.2, 0) is 20.7 Å². The first-order valence-corrected chi connectivity index (χ1v) is 11.6. The number of guanidine groups is 1. The van der Waals surface area contributed by atoms with E-state index in [1.54, 1.807) is 36.4 Å². The summed E-state index contributed by atoms with van der Waals surface area (Å²) in [7, 11) is 2.85. The van der Waals surface area contributed by atoms with Crippen molar-refractivity contribution in [3.8, 4) is 5.75 Å². The molecule has 1 heterocycles. The average Bonchev–Trinajstić information content (AvgIpc) is 3.00. The first kappa shape index (κ1) is 26.0. The van der Waals surface area contributed by atoms with Crippen LogP contribution in [0.15, 0.2) is 42.5 Å². The average molecular weight is 501 g/mol. The van der Waals surface area contributed by atoms with Crippen molar-refractivity contribution in [2.45, 2.75) is 25.8 Å². The minimum atomic E-state index is -0.612. The molecule has 3 rings (SSSR count). The summed E-state index contributed by atoms with van der Waals surface area (Å²) in [6.07, 6.45) is 0.857. The predicted molar refractivity (Wildman–Crippen MR) is 132 cm³/mol. The summed E-state index contributed by atoms with van der Waals surface area (Å²) in [6.45, 7) is 1.78. The lowest BCUT2D eigenvalue weighted by Crippen LogP contribution is -2.49. The molecule has 10 heteroatoms. The summed E-state index contributed by atoms with van der Waals surface area (Å²) >= 11 is 6.14. The van der Waals surface area contributed by atoms with Gasteiger partial charge in [-0.25, -0.2) is 4.79 Å². The number of esters is 1. The summed E-state index contributed by atoms with van der Waals surface area (Å²) < 4.78 is 10.2. The molecule has 0 bridgehead atoms. The van der Waals surface area contributed by atoms with Crippen molar-refractivity contribution in [1.82, 2.24) is 15.5 Å². The number of ether oxygens (including phenoxy) is 2. The molecule has 186 valence electrons. The first-order valence-electron chi connectivity index (χ1n) is 11.2. The fraction of sp³-hybridized carbons (Fsp3) is 0.360. The van der Waals surface area contributed by atoms with Crippen molar-refractivity contribution in [2.75, 3.05) is 27.3 Å². The van der Waals surface area contributed by atoms with Gasteiger partial charge < -0.3 is 20.1 Å².